The molecule has 0 atom stereocenters. The fourth-order valence-corrected chi connectivity index (χ4v) is 1.96. The van der Waals surface area contributed by atoms with Gasteiger partial charge in [-0.15, -0.1) is 0 Å². The fraction of sp³-hybridized carbons (Fsp3) is 0.727. The minimum atomic E-state index is 0.192. The molecule has 0 heterocycles. The zero-order valence-electron chi connectivity index (χ0n) is 8.53. The predicted octanol–water partition coefficient (Wildman–Crippen LogP) is 3.10. The average Bonchev–Trinajstić information content (AvgIpc) is 2.30. The number of hydrogen-bond acceptors (Lipinski definition) is 1. The summed E-state index contributed by atoms with van der Waals surface area (Å²) in [6.45, 7) is 8.26. The first kappa shape index (κ1) is 9.50. The van der Waals surface area contributed by atoms with Crippen molar-refractivity contribution in [2.45, 2.75) is 47.0 Å². The maximum atomic E-state index is 11.2. The lowest BCUT2D eigenvalue weighted by atomic mass is 9.83. The summed E-state index contributed by atoms with van der Waals surface area (Å²) in [6, 6.07) is 0. The van der Waals surface area contributed by atoms with Crippen molar-refractivity contribution < 1.29 is 4.79 Å². The molecular formula is C11H18O. The number of carbonyl (C=O) groups excluding carboxylic acids is 1. The summed E-state index contributed by atoms with van der Waals surface area (Å²) in [5.74, 6) is 0.275. The minimum Gasteiger partial charge on any atom is -0.295 e. The number of Topliss-reactive ketones (excluding diaryl/α,β-unsaturated/α-hetero) is 1. The molecular weight excluding hydrogens is 148 g/mol. The summed E-state index contributed by atoms with van der Waals surface area (Å²) in [4.78, 5) is 11.2. The molecule has 1 rings (SSSR count). The molecule has 0 spiro atoms. The lowest BCUT2D eigenvalue weighted by molar-refractivity contribution is -0.113. The first-order chi connectivity index (χ1) is 5.43. The van der Waals surface area contributed by atoms with Crippen molar-refractivity contribution in [1.29, 1.82) is 0 Å². The van der Waals surface area contributed by atoms with Crippen LogP contribution in [0.15, 0.2) is 11.1 Å². The van der Waals surface area contributed by atoms with Crippen molar-refractivity contribution in [2.24, 2.45) is 5.41 Å². The van der Waals surface area contributed by atoms with Crippen LogP contribution in [0.4, 0.5) is 0 Å². The van der Waals surface area contributed by atoms with Crippen molar-refractivity contribution in [2.75, 3.05) is 0 Å². The van der Waals surface area contributed by atoms with Gasteiger partial charge in [-0.25, -0.2) is 0 Å². The van der Waals surface area contributed by atoms with Gasteiger partial charge in [-0.3, -0.25) is 4.79 Å². The summed E-state index contributed by atoms with van der Waals surface area (Å²) in [6.07, 6.45) is 3.29. The Balaban J connectivity index is 3.00. The van der Waals surface area contributed by atoms with Gasteiger partial charge in [-0.1, -0.05) is 26.3 Å². The van der Waals surface area contributed by atoms with Gasteiger partial charge in [0.25, 0.3) is 0 Å². The van der Waals surface area contributed by atoms with Crippen molar-refractivity contribution >= 4 is 5.78 Å². The Morgan fingerprint density at radius 2 is 1.83 bits per heavy atom. The van der Waals surface area contributed by atoms with Crippen LogP contribution < -0.4 is 0 Å². The van der Waals surface area contributed by atoms with Gasteiger partial charge in [0, 0.05) is 0 Å². The monoisotopic (exact) mass is 166 g/mol. The Bertz CT molecular complexity index is 228. The Morgan fingerprint density at radius 3 is 2.17 bits per heavy atom. The number of ketones is 1. The standard InChI is InChI=1S/C11H18O/c1-8(12)9-6-5-7-10(9)11(2,3)4/h5-7H2,1-4H3. The second-order valence-electron chi connectivity index (χ2n) is 4.62. The predicted molar refractivity (Wildman–Crippen MR) is 51.0 cm³/mol. The zero-order chi connectivity index (χ0) is 9.35. The summed E-state index contributed by atoms with van der Waals surface area (Å²) in [5, 5.41) is 0. The van der Waals surface area contributed by atoms with Gasteiger partial charge in [0.1, 0.15) is 0 Å². The van der Waals surface area contributed by atoms with E-state index in [1.165, 1.54) is 12.0 Å². The molecule has 0 aliphatic heterocycles. The highest BCUT2D eigenvalue weighted by molar-refractivity contribution is 5.94. The molecule has 1 nitrogen and oxygen atoms in total. The summed E-state index contributed by atoms with van der Waals surface area (Å²) >= 11 is 0. The van der Waals surface area contributed by atoms with E-state index in [-0.39, 0.29) is 11.2 Å². The molecule has 1 aliphatic rings. The molecule has 0 amide bonds. The Kier molecular flexibility index (Phi) is 2.41. The minimum absolute atomic E-state index is 0.192. The lowest BCUT2D eigenvalue weighted by Crippen LogP contribution is -2.11. The first-order valence-corrected chi connectivity index (χ1v) is 4.66. The third-order valence-corrected chi connectivity index (χ3v) is 2.55. The van der Waals surface area contributed by atoms with E-state index in [1.54, 1.807) is 6.92 Å². The van der Waals surface area contributed by atoms with Crippen molar-refractivity contribution in [3.63, 3.8) is 0 Å². The van der Waals surface area contributed by atoms with E-state index in [9.17, 15) is 4.79 Å². The summed E-state index contributed by atoms with van der Waals surface area (Å²) in [7, 11) is 0. The van der Waals surface area contributed by atoms with Crippen molar-refractivity contribution in [1.82, 2.24) is 0 Å². The molecule has 0 aromatic heterocycles. The van der Waals surface area contributed by atoms with Crippen LogP contribution in [-0.4, -0.2) is 5.78 Å². The van der Waals surface area contributed by atoms with Crippen molar-refractivity contribution in [3.8, 4) is 0 Å². The van der Waals surface area contributed by atoms with E-state index in [0.717, 1.165) is 18.4 Å². The molecule has 12 heavy (non-hydrogen) atoms. The molecule has 1 aliphatic carbocycles. The molecule has 0 saturated carbocycles. The van der Waals surface area contributed by atoms with Crippen LogP contribution in [0, 0.1) is 5.41 Å². The van der Waals surface area contributed by atoms with Crippen molar-refractivity contribution in [3.05, 3.63) is 11.1 Å². The van der Waals surface area contributed by atoms with E-state index in [4.69, 9.17) is 0 Å². The Labute approximate surface area is 74.9 Å². The van der Waals surface area contributed by atoms with Gasteiger partial charge >= 0.3 is 0 Å². The second kappa shape index (κ2) is 3.04. The third kappa shape index (κ3) is 1.77. The molecule has 0 aromatic carbocycles. The number of carbonyl (C=O) groups is 1. The maximum Gasteiger partial charge on any atom is 0.155 e. The Morgan fingerprint density at radius 1 is 1.25 bits per heavy atom. The molecule has 1 heteroatoms. The molecule has 0 fully saturated rings. The highest BCUT2D eigenvalue weighted by Crippen LogP contribution is 2.38. The summed E-state index contributed by atoms with van der Waals surface area (Å²) in [5.41, 5.74) is 2.68. The van der Waals surface area contributed by atoms with Crippen LogP contribution in [0.3, 0.4) is 0 Å². The van der Waals surface area contributed by atoms with Crippen LogP contribution in [0.2, 0.25) is 0 Å². The highest BCUT2D eigenvalue weighted by atomic mass is 16.1. The normalized spacial score (nSPS) is 18.7. The van der Waals surface area contributed by atoms with Gasteiger partial charge < -0.3 is 0 Å². The average molecular weight is 166 g/mol. The van der Waals surface area contributed by atoms with Crippen LogP contribution in [0.25, 0.3) is 0 Å². The largest absolute Gasteiger partial charge is 0.295 e. The van der Waals surface area contributed by atoms with Gasteiger partial charge in [-0.2, -0.15) is 0 Å². The zero-order valence-corrected chi connectivity index (χ0v) is 8.53. The van der Waals surface area contributed by atoms with Crippen LogP contribution in [-0.2, 0) is 4.79 Å². The van der Waals surface area contributed by atoms with Gasteiger partial charge in [-0.05, 0) is 37.2 Å². The smallest absolute Gasteiger partial charge is 0.155 e. The van der Waals surface area contributed by atoms with E-state index in [0.29, 0.717) is 0 Å². The quantitative estimate of drug-likeness (QED) is 0.585. The van der Waals surface area contributed by atoms with Crippen LogP contribution >= 0.6 is 0 Å². The van der Waals surface area contributed by atoms with Crippen LogP contribution in [0.1, 0.15) is 47.0 Å². The molecule has 0 N–H and O–H groups in total. The number of hydrogen-bond donors (Lipinski definition) is 0. The van der Waals surface area contributed by atoms with Gasteiger partial charge in [0.05, 0.1) is 0 Å². The second-order valence-corrected chi connectivity index (χ2v) is 4.62. The molecule has 0 radical (unpaired) electrons. The maximum absolute atomic E-state index is 11.2. The van der Waals surface area contributed by atoms with E-state index in [1.807, 2.05) is 0 Å². The van der Waals surface area contributed by atoms with Crippen LogP contribution in [0.5, 0.6) is 0 Å². The molecule has 0 saturated heterocycles. The summed E-state index contributed by atoms with van der Waals surface area (Å²) < 4.78 is 0. The van der Waals surface area contributed by atoms with E-state index in [2.05, 4.69) is 20.8 Å². The SMILES string of the molecule is CC(=O)C1=C(C(C)(C)C)CCC1. The molecule has 68 valence electrons. The first-order valence-electron chi connectivity index (χ1n) is 4.66. The number of rotatable bonds is 1. The fourth-order valence-electron chi connectivity index (χ4n) is 1.96. The molecule has 0 bridgehead atoms. The van der Waals surface area contributed by atoms with Gasteiger partial charge in [0.15, 0.2) is 5.78 Å². The van der Waals surface area contributed by atoms with Gasteiger partial charge in [0.2, 0.25) is 0 Å². The topological polar surface area (TPSA) is 17.1 Å². The lowest BCUT2D eigenvalue weighted by Gasteiger charge is -2.21. The number of allylic oxidation sites excluding steroid dienone is 2. The van der Waals surface area contributed by atoms with E-state index < -0.39 is 0 Å². The highest BCUT2D eigenvalue weighted by Gasteiger charge is 2.26. The third-order valence-electron chi connectivity index (χ3n) is 2.55. The van der Waals surface area contributed by atoms with E-state index >= 15 is 0 Å². The molecule has 0 unspecified atom stereocenters. The molecule has 0 aromatic rings. The Hall–Kier alpha value is -0.590.